The lowest BCUT2D eigenvalue weighted by Crippen LogP contribution is -2.54. The summed E-state index contributed by atoms with van der Waals surface area (Å²) in [6, 6.07) is 3.04. The number of ketones is 1. The molecule has 4 rings (SSSR count). The van der Waals surface area contributed by atoms with Crippen molar-refractivity contribution in [2.75, 3.05) is 31.9 Å². The highest BCUT2D eigenvalue weighted by Crippen LogP contribution is 2.23. The molecule has 184 valence electrons. The molecular weight excluding hydrogens is 482 g/mol. The van der Waals surface area contributed by atoms with Crippen LogP contribution >= 0.6 is 11.3 Å². The maximum absolute atomic E-state index is 14.0. The van der Waals surface area contributed by atoms with Gasteiger partial charge in [0.25, 0.3) is 5.91 Å². The lowest BCUT2D eigenvalue weighted by molar-refractivity contribution is 0.0619. The Kier molecular flexibility index (Phi) is 7.22. The molecule has 0 saturated carbocycles. The number of methoxy groups -OCH3 is 1. The van der Waals surface area contributed by atoms with Crippen molar-refractivity contribution in [1.29, 1.82) is 0 Å². The summed E-state index contributed by atoms with van der Waals surface area (Å²) in [6.45, 7) is 0.811. The van der Waals surface area contributed by atoms with Crippen molar-refractivity contribution in [2.24, 2.45) is 0 Å². The molecule has 1 aliphatic rings. The van der Waals surface area contributed by atoms with Crippen LogP contribution in [-0.4, -0.2) is 58.3 Å². The minimum atomic E-state index is -0.989. The van der Waals surface area contributed by atoms with E-state index in [9.17, 15) is 28.3 Å². The fourth-order valence-corrected chi connectivity index (χ4v) is 4.35. The second kappa shape index (κ2) is 10.3. The number of hydrogen-bond acceptors (Lipinski definition) is 8. The number of fused-ring (bicyclic) bond motifs is 1. The molecule has 1 amide bonds. The molecule has 1 aliphatic heterocycles. The predicted octanol–water partition coefficient (Wildman–Crippen LogP) is 2.30. The number of carbonyl (C=O) groups excluding carboxylic acids is 2. The number of halogens is 2. The molecular formula is C23H22F2N4O5S. The minimum absolute atomic E-state index is 0.0703. The first-order chi connectivity index (χ1) is 16.8. The number of Topliss-reactive ketones (excluding diaryl/α,β-unsaturated/α-hetero) is 1. The van der Waals surface area contributed by atoms with Crippen molar-refractivity contribution in [3.8, 4) is 5.75 Å². The maximum Gasteiger partial charge on any atom is 0.277 e. The predicted molar refractivity (Wildman–Crippen MR) is 123 cm³/mol. The van der Waals surface area contributed by atoms with Gasteiger partial charge in [-0.05, 0) is 18.1 Å². The summed E-state index contributed by atoms with van der Waals surface area (Å²) in [4.78, 5) is 44.5. The van der Waals surface area contributed by atoms with E-state index in [2.05, 4.69) is 4.98 Å². The first-order valence-electron chi connectivity index (χ1n) is 10.7. The second-order valence-corrected chi connectivity index (χ2v) is 8.64. The third kappa shape index (κ3) is 5.08. The van der Waals surface area contributed by atoms with Crippen LogP contribution < -0.4 is 10.4 Å². The Hall–Kier alpha value is -3.64. The van der Waals surface area contributed by atoms with E-state index in [0.29, 0.717) is 5.69 Å². The number of pyridine rings is 1. The van der Waals surface area contributed by atoms with Gasteiger partial charge >= 0.3 is 0 Å². The van der Waals surface area contributed by atoms with Crippen molar-refractivity contribution < 1.29 is 28.2 Å². The minimum Gasteiger partial charge on any atom is -0.502 e. The molecule has 3 aromatic rings. The van der Waals surface area contributed by atoms with Crippen LogP contribution in [0.2, 0.25) is 0 Å². The zero-order valence-corrected chi connectivity index (χ0v) is 19.6. The average molecular weight is 505 g/mol. The van der Waals surface area contributed by atoms with Crippen molar-refractivity contribution in [1.82, 2.24) is 14.6 Å². The number of aromatic hydroxyl groups is 1. The number of hydrogen-bond donors (Lipinski definition) is 1. The fourth-order valence-electron chi connectivity index (χ4n) is 3.80. The van der Waals surface area contributed by atoms with E-state index in [0.717, 1.165) is 12.1 Å². The summed E-state index contributed by atoms with van der Waals surface area (Å²) in [5, 5.41) is 14.2. The van der Waals surface area contributed by atoms with Gasteiger partial charge in [0.2, 0.25) is 5.43 Å². The van der Waals surface area contributed by atoms with E-state index in [1.54, 1.807) is 10.5 Å². The molecule has 0 fully saturated rings. The quantitative estimate of drug-likeness (QED) is 0.446. The summed E-state index contributed by atoms with van der Waals surface area (Å²) in [5.41, 5.74) is 0.872. The first kappa shape index (κ1) is 24.5. The molecule has 0 radical (unpaired) electrons. The summed E-state index contributed by atoms with van der Waals surface area (Å²) in [6.07, 6.45) is 0.897. The molecule has 0 saturated heterocycles. The van der Waals surface area contributed by atoms with Crippen LogP contribution in [0.4, 0.5) is 8.78 Å². The first-order valence-corrected chi connectivity index (χ1v) is 11.6. The van der Waals surface area contributed by atoms with Gasteiger partial charge in [-0.15, -0.1) is 11.3 Å². The van der Waals surface area contributed by atoms with E-state index in [4.69, 9.17) is 4.74 Å². The Morgan fingerprint density at radius 3 is 2.77 bits per heavy atom. The topological polar surface area (TPSA) is 105 Å². The number of carbonyl (C=O) groups is 2. The van der Waals surface area contributed by atoms with Gasteiger partial charge in [-0.2, -0.15) is 0 Å². The van der Waals surface area contributed by atoms with Gasteiger partial charge in [-0.1, -0.05) is 6.07 Å². The molecule has 9 nitrogen and oxygen atoms in total. The second-order valence-electron chi connectivity index (χ2n) is 7.92. The molecule has 0 spiro atoms. The molecule has 3 heterocycles. The number of rotatable bonds is 9. The summed E-state index contributed by atoms with van der Waals surface area (Å²) in [5.74, 6) is -3.61. The van der Waals surface area contributed by atoms with Crippen molar-refractivity contribution in [2.45, 2.75) is 19.4 Å². The van der Waals surface area contributed by atoms with Crippen molar-refractivity contribution in [3.63, 3.8) is 0 Å². The summed E-state index contributed by atoms with van der Waals surface area (Å²) in [7, 11) is 1.49. The smallest absolute Gasteiger partial charge is 0.277 e. The highest BCUT2D eigenvalue weighted by Gasteiger charge is 2.34. The molecule has 1 N–H and O–H groups in total. The molecule has 0 bridgehead atoms. The van der Waals surface area contributed by atoms with Gasteiger partial charge in [0.1, 0.15) is 18.3 Å². The molecule has 12 heteroatoms. The Morgan fingerprint density at radius 1 is 1.29 bits per heavy atom. The van der Waals surface area contributed by atoms with E-state index >= 15 is 0 Å². The highest BCUT2D eigenvalue weighted by molar-refractivity contribution is 7.07. The standard InChI is InChI=1S/C23H22F2N4O5S/c1-34-7-6-27-13-28(9-16-11-35-12-26-16)29-10-17(21(31)22(32)20(29)23(27)33)19(30)5-3-14-2-4-15(24)8-18(14)25/h2,4,8,10-12,32H,3,5-7,9,13H2,1H3. The van der Waals surface area contributed by atoms with Gasteiger partial charge in [-0.3, -0.25) is 24.1 Å². The Balaban J connectivity index is 1.68. The SMILES string of the molecule is COCCN1CN(Cc2cscn2)n2cc(C(=O)CCc3ccc(F)cc3F)c(=O)c(O)c2C1=O. The van der Waals surface area contributed by atoms with E-state index in [-0.39, 0.29) is 56.0 Å². The molecule has 0 atom stereocenters. The van der Waals surface area contributed by atoms with Gasteiger partial charge in [0.05, 0.1) is 29.9 Å². The number of nitrogens with zero attached hydrogens (tertiary/aromatic N) is 4. The fraction of sp³-hybridized carbons (Fsp3) is 0.304. The third-order valence-corrected chi connectivity index (χ3v) is 6.26. The number of thiazole rings is 1. The number of benzene rings is 1. The van der Waals surface area contributed by atoms with Crippen LogP contribution in [0.15, 0.2) is 40.1 Å². The van der Waals surface area contributed by atoms with Gasteiger partial charge < -0.3 is 14.7 Å². The van der Waals surface area contributed by atoms with Crippen LogP contribution in [0.25, 0.3) is 0 Å². The lowest BCUT2D eigenvalue weighted by Gasteiger charge is -2.39. The van der Waals surface area contributed by atoms with E-state index < -0.39 is 34.5 Å². The normalized spacial score (nSPS) is 13.3. The molecule has 35 heavy (non-hydrogen) atoms. The van der Waals surface area contributed by atoms with Crippen molar-refractivity contribution >= 4 is 23.0 Å². The largest absolute Gasteiger partial charge is 0.502 e. The van der Waals surface area contributed by atoms with Crippen LogP contribution in [0.5, 0.6) is 5.75 Å². The monoisotopic (exact) mass is 504 g/mol. The number of aromatic nitrogens is 2. The average Bonchev–Trinajstić information content (AvgIpc) is 3.34. The Bertz CT molecular complexity index is 1310. The zero-order valence-electron chi connectivity index (χ0n) is 18.7. The van der Waals surface area contributed by atoms with Crippen LogP contribution in [0.1, 0.15) is 38.5 Å². The Morgan fingerprint density at radius 2 is 2.09 bits per heavy atom. The van der Waals surface area contributed by atoms with Crippen molar-refractivity contribution in [3.05, 3.63) is 79.7 Å². The van der Waals surface area contributed by atoms with Crippen LogP contribution in [0, 0.1) is 11.6 Å². The number of ether oxygens (including phenoxy) is 1. The van der Waals surface area contributed by atoms with Gasteiger partial charge in [-0.25, -0.2) is 13.8 Å². The molecule has 0 aliphatic carbocycles. The summed E-state index contributed by atoms with van der Waals surface area (Å²) >= 11 is 1.39. The maximum atomic E-state index is 14.0. The number of amides is 1. The molecule has 1 aromatic carbocycles. The van der Waals surface area contributed by atoms with Crippen LogP contribution in [0.3, 0.4) is 0 Å². The highest BCUT2D eigenvalue weighted by atomic mass is 32.1. The lowest BCUT2D eigenvalue weighted by atomic mass is 10.0. The van der Waals surface area contributed by atoms with E-state index in [1.807, 2.05) is 5.38 Å². The molecule has 0 unspecified atom stereocenters. The molecule has 2 aromatic heterocycles. The zero-order chi connectivity index (χ0) is 25.1. The summed E-state index contributed by atoms with van der Waals surface area (Å²) < 4.78 is 33.5. The van der Waals surface area contributed by atoms with Crippen LogP contribution in [-0.2, 0) is 17.7 Å². The Labute approximate surface area is 202 Å². The number of aryl methyl sites for hydroxylation is 1. The third-order valence-electron chi connectivity index (χ3n) is 5.62. The van der Waals surface area contributed by atoms with Gasteiger partial charge in [0.15, 0.2) is 17.2 Å². The van der Waals surface area contributed by atoms with Gasteiger partial charge in [0, 0.05) is 37.7 Å². The van der Waals surface area contributed by atoms with E-state index in [1.165, 1.54) is 40.3 Å².